The maximum atomic E-state index is 12.4. The Morgan fingerprint density at radius 3 is 2.58 bits per heavy atom. The van der Waals surface area contributed by atoms with Crippen LogP contribution in [0.1, 0.15) is 36.5 Å². The van der Waals surface area contributed by atoms with Gasteiger partial charge < -0.3 is 14.7 Å². The van der Waals surface area contributed by atoms with Crippen molar-refractivity contribution in [2.24, 2.45) is 0 Å². The molecule has 1 unspecified atom stereocenters. The number of carbonyl (C=O) groups excluding carboxylic acids is 1. The fourth-order valence-electron chi connectivity index (χ4n) is 2.44. The molecule has 0 aromatic heterocycles. The third-order valence-electron chi connectivity index (χ3n) is 3.42. The lowest BCUT2D eigenvalue weighted by Crippen LogP contribution is -2.55. The molecule has 2 rings (SSSR count). The normalized spacial score (nSPS) is 22.9. The van der Waals surface area contributed by atoms with E-state index in [0.717, 1.165) is 12.8 Å². The van der Waals surface area contributed by atoms with Gasteiger partial charge >= 0.3 is 6.16 Å². The Hall–Kier alpha value is -2.04. The molecule has 1 heterocycles. The lowest BCUT2D eigenvalue weighted by molar-refractivity contribution is -0.114. The molecule has 0 aliphatic carbocycles. The summed E-state index contributed by atoms with van der Waals surface area (Å²) in [4.78, 5) is 24.8. The summed E-state index contributed by atoms with van der Waals surface area (Å²) in [6, 6.07) is 8.84. The lowest BCUT2D eigenvalue weighted by atomic mass is 9.98. The van der Waals surface area contributed by atoms with Gasteiger partial charge in [-0.25, -0.2) is 4.79 Å². The van der Waals surface area contributed by atoms with Gasteiger partial charge in [0.25, 0.3) is 5.91 Å². The van der Waals surface area contributed by atoms with E-state index in [0.29, 0.717) is 18.5 Å². The Morgan fingerprint density at radius 2 is 1.95 bits per heavy atom. The molecule has 0 bridgehead atoms. The number of carboxylic acid groups (broad SMARTS) is 1. The molecule has 0 radical (unpaired) electrons. The highest BCUT2D eigenvalue weighted by atomic mass is 16.7. The van der Waals surface area contributed by atoms with E-state index in [1.165, 1.54) is 4.90 Å². The highest BCUT2D eigenvalue weighted by Gasteiger charge is 2.41. The second-order valence-corrected chi connectivity index (χ2v) is 4.82. The zero-order valence-electron chi connectivity index (χ0n) is 10.8. The number of piperidine rings is 1. The van der Waals surface area contributed by atoms with E-state index in [-0.39, 0.29) is 5.91 Å². The minimum atomic E-state index is -1.35. The first-order valence-electron chi connectivity index (χ1n) is 6.32. The van der Waals surface area contributed by atoms with Crippen LogP contribution in [0.25, 0.3) is 0 Å². The minimum Gasteiger partial charge on any atom is -0.450 e. The van der Waals surface area contributed by atoms with E-state index >= 15 is 0 Å². The van der Waals surface area contributed by atoms with Gasteiger partial charge in [0.15, 0.2) is 5.72 Å². The average Bonchev–Trinajstić information content (AvgIpc) is 2.38. The Kier molecular flexibility index (Phi) is 3.74. The summed E-state index contributed by atoms with van der Waals surface area (Å²) in [6.07, 6.45) is 0.882. The van der Waals surface area contributed by atoms with Crippen molar-refractivity contribution in [2.75, 3.05) is 6.54 Å². The van der Waals surface area contributed by atoms with Gasteiger partial charge in [0, 0.05) is 18.5 Å². The summed E-state index contributed by atoms with van der Waals surface area (Å²) in [5.74, 6) is -0.191. The summed E-state index contributed by atoms with van der Waals surface area (Å²) < 4.78 is 4.96. The second kappa shape index (κ2) is 5.30. The zero-order valence-corrected chi connectivity index (χ0v) is 10.8. The molecule has 19 heavy (non-hydrogen) atoms. The van der Waals surface area contributed by atoms with Gasteiger partial charge in [-0.2, -0.15) is 0 Å². The van der Waals surface area contributed by atoms with Crippen molar-refractivity contribution >= 4 is 12.1 Å². The smallest absolute Gasteiger partial charge is 0.450 e. The summed E-state index contributed by atoms with van der Waals surface area (Å²) in [5, 5.41) is 8.84. The van der Waals surface area contributed by atoms with Gasteiger partial charge in [-0.1, -0.05) is 18.2 Å². The zero-order chi connectivity index (χ0) is 13.9. The van der Waals surface area contributed by atoms with Crippen LogP contribution in [-0.2, 0) is 4.74 Å². The summed E-state index contributed by atoms with van der Waals surface area (Å²) >= 11 is 0. The van der Waals surface area contributed by atoms with Crippen LogP contribution in [0.2, 0.25) is 0 Å². The molecule has 5 heteroatoms. The Morgan fingerprint density at radius 1 is 1.26 bits per heavy atom. The van der Waals surface area contributed by atoms with Crippen LogP contribution in [-0.4, -0.2) is 34.3 Å². The van der Waals surface area contributed by atoms with Gasteiger partial charge in [-0.15, -0.1) is 0 Å². The van der Waals surface area contributed by atoms with Gasteiger partial charge in [0.2, 0.25) is 0 Å². The van der Waals surface area contributed by atoms with Crippen molar-refractivity contribution in [3.8, 4) is 0 Å². The summed E-state index contributed by atoms with van der Waals surface area (Å²) in [6.45, 7) is 2.17. The van der Waals surface area contributed by atoms with Crippen molar-refractivity contribution in [1.29, 1.82) is 0 Å². The first kappa shape index (κ1) is 13.4. The van der Waals surface area contributed by atoms with Crippen LogP contribution in [0.4, 0.5) is 4.79 Å². The molecule has 1 aliphatic rings. The molecule has 5 nitrogen and oxygen atoms in total. The summed E-state index contributed by atoms with van der Waals surface area (Å²) in [7, 11) is 0. The highest BCUT2D eigenvalue weighted by molar-refractivity contribution is 5.94. The van der Waals surface area contributed by atoms with Crippen molar-refractivity contribution in [2.45, 2.75) is 31.9 Å². The standard InChI is InChI=1S/C14H17NO4/c1-14(19-13(17)18)9-5-6-10-15(14)12(16)11-7-3-2-4-8-11/h2-4,7-8H,5-6,9-10H2,1H3,(H,17,18). The first-order valence-corrected chi connectivity index (χ1v) is 6.32. The SMILES string of the molecule is CC1(OC(=O)O)CCCCN1C(=O)c1ccccc1. The number of hydrogen-bond donors (Lipinski definition) is 1. The molecule has 1 aliphatic heterocycles. The molecular formula is C14H17NO4. The van der Waals surface area contributed by atoms with E-state index in [1.54, 1.807) is 31.2 Å². The van der Waals surface area contributed by atoms with Crippen molar-refractivity contribution in [1.82, 2.24) is 4.90 Å². The highest BCUT2D eigenvalue weighted by Crippen LogP contribution is 2.30. The number of rotatable bonds is 2. The van der Waals surface area contributed by atoms with Crippen molar-refractivity contribution < 1.29 is 19.4 Å². The number of likely N-dealkylation sites (tertiary alicyclic amines) is 1. The molecule has 102 valence electrons. The Labute approximate surface area is 111 Å². The van der Waals surface area contributed by atoms with Crippen molar-refractivity contribution in [3.05, 3.63) is 35.9 Å². The number of nitrogens with zero attached hydrogens (tertiary/aromatic N) is 1. The minimum absolute atomic E-state index is 0.191. The fraction of sp³-hybridized carbons (Fsp3) is 0.429. The number of benzene rings is 1. The number of carbonyl (C=O) groups is 2. The monoisotopic (exact) mass is 263 g/mol. The van der Waals surface area contributed by atoms with Crippen LogP contribution < -0.4 is 0 Å². The van der Waals surface area contributed by atoms with E-state index in [1.807, 2.05) is 6.07 Å². The molecule has 1 aromatic rings. The number of ether oxygens (including phenoxy) is 1. The fourth-order valence-corrected chi connectivity index (χ4v) is 2.44. The van der Waals surface area contributed by atoms with E-state index in [9.17, 15) is 9.59 Å². The molecule has 1 fully saturated rings. The molecular weight excluding hydrogens is 246 g/mol. The molecule has 1 aromatic carbocycles. The molecule has 1 atom stereocenters. The quantitative estimate of drug-likeness (QED) is 0.833. The molecule has 0 saturated carbocycles. The van der Waals surface area contributed by atoms with E-state index in [2.05, 4.69) is 0 Å². The van der Waals surface area contributed by atoms with Gasteiger partial charge in [-0.05, 0) is 31.9 Å². The Balaban J connectivity index is 2.25. The van der Waals surface area contributed by atoms with Crippen LogP contribution in [0, 0.1) is 0 Å². The van der Waals surface area contributed by atoms with Crippen molar-refractivity contribution in [3.63, 3.8) is 0 Å². The predicted molar refractivity (Wildman–Crippen MR) is 68.8 cm³/mol. The van der Waals surface area contributed by atoms with Gasteiger partial charge in [0.05, 0.1) is 0 Å². The predicted octanol–water partition coefficient (Wildman–Crippen LogP) is 2.72. The first-order chi connectivity index (χ1) is 9.03. The van der Waals surface area contributed by atoms with E-state index < -0.39 is 11.9 Å². The lowest BCUT2D eigenvalue weighted by Gasteiger charge is -2.43. The second-order valence-electron chi connectivity index (χ2n) is 4.82. The summed E-state index contributed by atoms with van der Waals surface area (Å²) in [5.41, 5.74) is -0.526. The average molecular weight is 263 g/mol. The van der Waals surface area contributed by atoms with Crippen LogP contribution in [0.3, 0.4) is 0 Å². The van der Waals surface area contributed by atoms with Gasteiger partial charge in [0.1, 0.15) is 0 Å². The Bertz CT molecular complexity index is 474. The van der Waals surface area contributed by atoms with Crippen LogP contribution in [0.5, 0.6) is 0 Å². The third kappa shape index (κ3) is 2.86. The number of amides is 1. The molecule has 1 saturated heterocycles. The largest absolute Gasteiger partial charge is 0.507 e. The maximum absolute atomic E-state index is 12.4. The maximum Gasteiger partial charge on any atom is 0.507 e. The van der Waals surface area contributed by atoms with Crippen LogP contribution >= 0.6 is 0 Å². The molecule has 0 spiro atoms. The van der Waals surface area contributed by atoms with E-state index in [4.69, 9.17) is 9.84 Å². The molecule has 1 N–H and O–H groups in total. The number of hydrogen-bond acceptors (Lipinski definition) is 3. The third-order valence-corrected chi connectivity index (χ3v) is 3.42. The molecule has 1 amide bonds. The topological polar surface area (TPSA) is 66.8 Å². The van der Waals surface area contributed by atoms with Crippen LogP contribution in [0.15, 0.2) is 30.3 Å². The van der Waals surface area contributed by atoms with Gasteiger partial charge in [-0.3, -0.25) is 4.79 Å².